The minimum atomic E-state index is -0.750. The van der Waals surface area contributed by atoms with E-state index in [1.54, 1.807) is 4.90 Å². The summed E-state index contributed by atoms with van der Waals surface area (Å²) in [6.07, 6.45) is -0.340. The Labute approximate surface area is 113 Å². The quantitative estimate of drug-likeness (QED) is 0.736. The Hall–Kier alpha value is -1.30. The van der Waals surface area contributed by atoms with E-state index in [9.17, 15) is 14.7 Å². The second-order valence-electron chi connectivity index (χ2n) is 6.43. The number of nitrogens with zero attached hydrogens (tertiary/aromatic N) is 1. The highest BCUT2D eigenvalue weighted by Gasteiger charge is 2.45. The van der Waals surface area contributed by atoms with E-state index in [1.807, 2.05) is 20.8 Å². The zero-order valence-corrected chi connectivity index (χ0v) is 11.7. The second-order valence-corrected chi connectivity index (χ2v) is 6.43. The Morgan fingerprint density at radius 3 is 2.16 bits per heavy atom. The lowest BCUT2D eigenvalue weighted by molar-refractivity contribution is -0.150. The monoisotopic (exact) mass is 270 g/mol. The molecule has 19 heavy (non-hydrogen) atoms. The first-order chi connectivity index (χ1) is 8.78. The SMILES string of the molecule is CC(C)(C)OC(=O)N1CC2CNCC(C1)C2C(=O)O. The molecule has 2 fully saturated rings. The van der Waals surface area contributed by atoms with Crippen LogP contribution in [0.5, 0.6) is 0 Å². The van der Waals surface area contributed by atoms with E-state index in [0.29, 0.717) is 26.2 Å². The molecule has 2 saturated heterocycles. The van der Waals surface area contributed by atoms with E-state index in [2.05, 4.69) is 5.32 Å². The largest absolute Gasteiger partial charge is 0.481 e. The van der Waals surface area contributed by atoms with Crippen molar-refractivity contribution in [3.8, 4) is 0 Å². The Morgan fingerprint density at radius 2 is 1.74 bits per heavy atom. The average molecular weight is 270 g/mol. The van der Waals surface area contributed by atoms with Crippen LogP contribution in [0.25, 0.3) is 0 Å². The molecule has 2 N–H and O–H groups in total. The fraction of sp³-hybridized carbons (Fsp3) is 0.846. The van der Waals surface area contributed by atoms with Gasteiger partial charge in [-0.15, -0.1) is 0 Å². The number of carboxylic acids is 1. The molecule has 2 aliphatic rings. The molecule has 0 radical (unpaired) electrons. The molecule has 2 bridgehead atoms. The average Bonchev–Trinajstić information content (AvgIpc) is 2.24. The first kappa shape index (κ1) is 14.1. The maximum absolute atomic E-state index is 12.1. The van der Waals surface area contributed by atoms with E-state index in [0.717, 1.165) is 0 Å². The Morgan fingerprint density at radius 1 is 1.21 bits per heavy atom. The summed E-state index contributed by atoms with van der Waals surface area (Å²) in [5.74, 6) is -1.16. The number of carbonyl (C=O) groups excluding carboxylic acids is 1. The summed E-state index contributed by atoms with van der Waals surface area (Å²) in [6, 6.07) is 0. The topological polar surface area (TPSA) is 78.9 Å². The van der Waals surface area contributed by atoms with Gasteiger partial charge in [-0.05, 0) is 20.8 Å². The fourth-order valence-corrected chi connectivity index (χ4v) is 2.97. The lowest BCUT2D eigenvalue weighted by Gasteiger charge is -2.45. The summed E-state index contributed by atoms with van der Waals surface area (Å²) >= 11 is 0. The van der Waals surface area contributed by atoms with Gasteiger partial charge in [0, 0.05) is 38.0 Å². The molecule has 0 aromatic rings. The van der Waals surface area contributed by atoms with Gasteiger partial charge in [-0.1, -0.05) is 0 Å². The van der Waals surface area contributed by atoms with Crippen LogP contribution in [0.3, 0.4) is 0 Å². The minimum absolute atomic E-state index is 0.0301. The van der Waals surface area contributed by atoms with Crippen molar-refractivity contribution in [2.45, 2.75) is 26.4 Å². The third kappa shape index (κ3) is 3.18. The second kappa shape index (κ2) is 5.00. The molecule has 0 spiro atoms. The predicted octanol–water partition coefficient (Wildman–Crippen LogP) is 0.773. The van der Waals surface area contributed by atoms with Gasteiger partial charge in [0.15, 0.2) is 0 Å². The number of hydrogen-bond donors (Lipinski definition) is 2. The van der Waals surface area contributed by atoms with Gasteiger partial charge in [-0.3, -0.25) is 4.79 Å². The molecule has 2 heterocycles. The molecule has 0 saturated carbocycles. The van der Waals surface area contributed by atoms with E-state index >= 15 is 0 Å². The van der Waals surface area contributed by atoms with Gasteiger partial charge in [0.1, 0.15) is 5.60 Å². The number of carboxylic acid groups (broad SMARTS) is 1. The summed E-state index contributed by atoms with van der Waals surface area (Å²) in [5.41, 5.74) is -0.520. The number of fused-ring (bicyclic) bond motifs is 2. The third-order valence-corrected chi connectivity index (χ3v) is 3.68. The molecule has 0 aliphatic carbocycles. The summed E-state index contributed by atoms with van der Waals surface area (Å²) < 4.78 is 5.36. The number of aliphatic carboxylic acids is 1. The van der Waals surface area contributed by atoms with Crippen LogP contribution in [0.2, 0.25) is 0 Å². The van der Waals surface area contributed by atoms with Crippen molar-refractivity contribution in [1.29, 1.82) is 0 Å². The van der Waals surface area contributed by atoms with Crippen LogP contribution in [-0.2, 0) is 9.53 Å². The Balaban J connectivity index is 2.05. The van der Waals surface area contributed by atoms with Crippen molar-refractivity contribution in [3.63, 3.8) is 0 Å². The first-order valence-electron chi connectivity index (χ1n) is 6.69. The van der Waals surface area contributed by atoms with E-state index in [1.165, 1.54) is 0 Å². The van der Waals surface area contributed by atoms with Crippen LogP contribution in [0.4, 0.5) is 4.79 Å². The summed E-state index contributed by atoms with van der Waals surface area (Å²) in [5, 5.41) is 12.5. The standard InChI is InChI=1S/C13H22N2O4/c1-13(2,3)19-12(18)15-6-8-4-14-5-9(7-15)10(8)11(16)17/h8-10,14H,4-7H2,1-3H3,(H,16,17). The van der Waals surface area contributed by atoms with Crippen LogP contribution in [0.15, 0.2) is 0 Å². The molecule has 2 unspecified atom stereocenters. The molecule has 1 amide bonds. The van der Waals surface area contributed by atoms with Crippen LogP contribution in [0.1, 0.15) is 20.8 Å². The van der Waals surface area contributed by atoms with E-state index in [4.69, 9.17) is 4.74 Å². The first-order valence-corrected chi connectivity index (χ1v) is 6.69. The fourth-order valence-electron chi connectivity index (χ4n) is 2.97. The number of carbonyl (C=O) groups is 2. The number of piperidine rings is 2. The Kier molecular flexibility index (Phi) is 3.71. The zero-order chi connectivity index (χ0) is 14.2. The highest BCUT2D eigenvalue weighted by Crippen LogP contribution is 2.32. The summed E-state index contributed by atoms with van der Waals surface area (Å²) in [6.45, 7) is 7.69. The lowest BCUT2D eigenvalue weighted by Crippen LogP contribution is -2.60. The van der Waals surface area contributed by atoms with Crippen molar-refractivity contribution >= 4 is 12.1 Å². The maximum Gasteiger partial charge on any atom is 0.410 e. The number of amides is 1. The number of nitrogens with one attached hydrogen (secondary N) is 1. The molecular weight excluding hydrogens is 248 g/mol. The zero-order valence-electron chi connectivity index (χ0n) is 11.7. The smallest absolute Gasteiger partial charge is 0.410 e. The number of ether oxygens (including phenoxy) is 1. The van der Waals surface area contributed by atoms with E-state index in [-0.39, 0.29) is 23.8 Å². The Bertz CT molecular complexity index is 363. The number of hydrogen-bond acceptors (Lipinski definition) is 4. The number of rotatable bonds is 1. The highest BCUT2D eigenvalue weighted by atomic mass is 16.6. The minimum Gasteiger partial charge on any atom is -0.481 e. The van der Waals surface area contributed by atoms with E-state index < -0.39 is 11.6 Å². The lowest BCUT2D eigenvalue weighted by atomic mass is 9.75. The molecular formula is C13H22N2O4. The van der Waals surface area contributed by atoms with Crippen LogP contribution < -0.4 is 5.32 Å². The molecule has 2 atom stereocenters. The maximum atomic E-state index is 12.1. The van der Waals surface area contributed by atoms with Crippen molar-refractivity contribution in [3.05, 3.63) is 0 Å². The van der Waals surface area contributed by atoms with Crippen molar-refractivity contribution in [2.24, 2.45) is 17.8 Å². The van der Waals surface area contributed by atoms with Gasteiger partial charge in [0.05, 0.1) is 5.92 Å². The predicted molar refractivity (Wildman–Crippen MR) is 68.8 cm³/mol. The molecule has 0 aromatic carbocycles. The highest BCUT2D eigenvalue weighted by molar-refractivity contribution is 5.73. The third-order valence-electron chi connectivity index (χ3n) is 3.68. The normalized spacial score (nSPS) is 30.9. The molecule has 6 heteroatoms. The summed E-state index contributed by atoms with van der Waals surface area (Å²) in [4.78, 5) is 25.0. The molecule has 2 rings (SSSR count). The van der Waals surface area contributed by atoms with Gasteiger partial charge in [0.25, 0.3) is 0 Å². The van der Waals surface area contributed by atoms with Gasteiger partial charge in [-0.2, -0.15) is 0 Å². The molecule has 0 aromatic heterocycles. The van der Waals surface area contributed by atoms with Crippen LogP contribution in [0, 0.1) is 17.8 Å². The van der Waals surface area contributed by atoms with Gasteiger partial charge in [0.2, 0.25) is 0 Å². The summed E-state index contributed by atoms with van der Waals surface area (Å²) in [7, 11) is 0. The molecule has 108 valence electrons. The number of likely N-dealkylation sites (tertiary alicyclic amines) is 1. The molecule has 6 nitrogen and oxygen atoms in total. The van der Waals surface area contributed by atoms with Crippen molar-refractivity contribution < 1.29 is 19.4 Å². The van der Waals surface area contributed by atoms with Crippen LogP contribution >= 0.6 is 0 Å². The van der Waals surface area contributed by atoms with Gasteiger partial charge in [-0.25, -0.2) is 4.79 Å². The molecule has 2 aliphatic heterocycles. The van der Waals surface area contributed by atoms with Gasteiger partial charge >= 0.3 is 12.1 Å². The van der Waals surface area contributed by atoms with Crippen molar-refractivity contribution in [1.82, 2.24) is 10.2 Å². The van der Waals surface area contributed by atoms with Crippen molar-refractivity contribution in [2.75, 3.05) is 26.2 Å². The van der Waals surface area contributed by atoms with Crippen LogP contribution in [-0.4, -0.2) is 53.8 Å². The van der Waals surface area contributed by atoms with Gasteiger partial charge < -0.3 is 20.1 Å².